The van der Waals surface area contributed by atoms with Crippen molar-refractivity contribution < 1.29 is 0 Å². The van der Waals surface area contributed by atoms with Crippen LogP contribution in [0.3, 0.4) is 0 Å². The standard InChI is InChI=1S/C7H7N3/c1-5-7-6(2-3-8-5)9-4-10-7/h2-4H,1H3,(H,9,10). The first-order valence-electron chi connectivity index (χ1n) is 3.12. The van der Waals surface area contributed by atoms with E-state index >= 15 is 0 Å². The molecule has 0 saturated heterocycles. The van der Waals surface area contributed by atoms with E-state index in [1.54, 1.807) is 12.5 Å². The lowest BCUT2D eigenvalue weighted by Gasteiger charge is -1.90. The second kappa shape index (κ2) is 1.80. The number of rotatable bonds is 0. The van der Waals surface area contributed by atoms with Crippen molar-refractivity contribution in [3.05, 3.63) is 24.3 Å². The third-order valence-corrected chi connectivity index (χ3v) is 1.53. The van der Waals surface area contributed by atoms with Crippen LogP contribution in [-0.4, -0.2) is 15.0 Å². The van der Waals surface area contributed by atoms with Crippen molar-refractivity contribution in [2.24, 2.45) is 0 Å². The number of aryl methyl sites for hydroxylation is 1. The number of H-pyrrole nitrogens is 1. The van der Waals surface area contributed by atoms with Crippen molar-refractivity contribution in [3.63, 3.8) is 0 Å². The third-order valence-electron chi connectivity index (χ3n) is 1.53. The van der Waals surface area contributed by atoms with E-state index < -0.39 is 0 Å². The van der Waals surface area contributed by atoms with Gasteiger partial charge in [0.05, 0.1) is 23.1 Å². The van der Waals surface area contributed by atoms with Crippen molar-refractivity contribution in [3.8, 4) is 0 Å². The van der Waals surface area contributed by atoms with Gasteiger partial charge in [-0.25, -0.2) is 4.98 Å². The van der Waals surface area contributed by atoms with Crippen molar-refractivity contribution in [2.45, 2.75) is 6.92 Å². The number of nitrogens with zero attached hydrogens (tertiary/aromatic N) is 2. The minimum absolute atomic E-state index is 0.979. The number of fused-ring (bicyclic) bond motifs is 1. The van der Waals surface area contributed by atoms with Crippen LogP contribution in [0.2, 0.25) is 0 Å². The SMILES string of the molecule is Cc1nccc2nc[nH]c12. The summed E-state index contributed by atoms with van der Waals surface area (Å²) in [6, 6.07) is 1.89. The van der Waals surface area contributed by atoms with E-state index in [0.29, 0.717) is 0 Å². The lowest BCUT2D eigenvalue weighted by molar-refractivity contribution is 1.22. The number of imidazole rings is 1. The Morgan fingerprint density at radius 1 is 1.40 bits per heavy atom. The van der Waals surface area contributed by atoms with Gasteiger partial charge in [0.15, 0.2) is 0 Å². The maximum absolute atomic E-state index is 4.11. The lowest BCUT2D eigenvalue weighted by Crippen LogP contribution is -1.80. The molecule has 0 spiro atoms. The monoisotopic (exact) mass is 133 g/mol. The van der Waals surface area contributed by atoms with Crippen LogP contribution in [0.5, 0.6) is 0 Å². The molecular weight excluding hydrogens is 126 g/mol. The van der Waals surface area contributed by atoms with Gasteiger partial charge in [-0.15, -0.1) is 0 Å². The molecule has 10 heavy (non-hydrogen) atoms. The maximum Gasteiger partial charge on any atom is 0.0932 e. The van der Waals surface area contributed by atoms with Gasteiger partial charge >= 0.3 is 0 Å². The van der Waals surface area contributed by atoms with E-state index in [0.717, 1.165) is 16.7 Å². The Morgan fingerprint density at radius 3 is 3.10 bits per heavy atom. The van der Waals surface area contributed by atoms with Crippen LogP contribution in [0.4, 0.5) is 0 Å². The van der Waals surface area contributed by atoms with Gasteiger partial charge in [0, 0.05) is 6.20 Å². The van der Waals surface area contributed by atoms with E-state index in [4.69, 9.17) is 0 Å². The van der Waals surface area contributed by atoms with Crippen molar-refractivity contribution in [1.29, 1.82) is 0 Å². The molecule has 0 unspecified atom stereocenters. The van der Waals surface area contributed by atoms with Crippen molar-refractivity contribution >= 4 is 11.0 Å². The molecule has 0 fully saturated rings. The van der Waals surface area contributed by atoms with Gasteiger partial charge in [-0.2, -0.15) is 0 Å². The highest BCUT2D eigenvalue weighted by molar-refractivity contribution is 5.75. The predicted octanol–water partition coefficient (Wildman–Crippen LogP) is 1.27. The Labute approximate surface area is 58.1 Å². The van der Waals surface area contributed by atoms with Gasteiger partial charge in [-0.1, -0.05) is 0 Å². The van der Waals surface area contributed by atoms with Crippen LogP contribution < -0.4 is 0 Å². The molecule has 0 aliphatic carbocycles. The first-order chi connectivity index (χ1) is 4.88. The largest absolute Gasteiger partial charge is 0.343 e. The van der Waals surface area contributed by atoms with E-state index in [9.17, 15) is 0 Å². The molecule has 0 bridgehead atoms. The third kappa shape index (κ3) is 0.603. The molecule has 0 saturated carbocycles. The van der Waals surface area contributed by atoms with Crippen LogP contribution in [0.1, 0.15) is 5.69 Å². The first-order valence-corrected chi connectivity index (χ1v) is 3.12. The van der Waals surface area contributed by atoms with E-state index in [1.807, 2.05) is 13.0 Å². The summed E-state index contributed by atoms with van der Waals surface area (Å²) in [5.74, 6) is 0. The van der Waals surface area contributed by atoms with Crippen LogP contribution in [0.15, 0.2) is 18.6 Å². The highest BCUT2D eigenvalue weighted by Gasteiger charge is 1.96. The van der Waals surface area contributed by atoms with Gasteiger partial charge < -0.3 is 4.98 Å². The second-order valence-electron chi connectivity index (χ2n) is 2.19. The molecule has 2 aromatic rings. The Bertz CT molecular complexity index is 350. The number of aromatic amines is 1. The quantitative estimate of drug-likeness (QED) is 0.588. The fourth-order valence-corrected chi connectivity index (χ4v) is 1.01. The molecule has 2 heterocycles. The fourth-order valence-electron chi connectivity index (χ4n) is 1.01. The zero-order valence-electron chi connectivity index (χ0n) is 5.63. The molecule has 2 rings (SSSR count). The van der Waals surface area contributed by atoms with Gasteiger partial charge in [0.25, 0.3) is 0 Å². The maximum atomic E-state index is 4.11. The zero-order chi connectivity index (χ0) is 6.97. The second-order valence-corrected chi connectivity index (χ2v) is 2.19. The molecule has 50 valence electrons. The average Bonchev–Trinajstić information content (AvgIpc) is 2.36. The van der Waals surface area contributed by atoms with Crippen molar-refractivity contribution in [1.82, 2.24) is 15.0 Å². The minimum atomic E-state index is 0.979. The summed E-state index contributed by atoms with van der Waals surface area (Å²) in [6.07, 6.45) is 3.44. The molecule has 0 aromatic carbocycles. The predicted molar refractivity (Wildman–Crippen MR) is 38.6 cm³/mol. The molecule has 3 heteroatoms. The summed E-state index contributed by atoms with van der Waals surface area (Å²) < 4.78 is 0. The smallest absolute Gasteiger partial charge is 0.0932 e. The number of pyridine rings is 1. The number of hydrogen-bond donors (Lipinski definition) is 1. The van der Waals surface area contributed by atoms with Gasteiger partial charge in [-0.05, 0) is 13.0 Å². The fraction of sp³-hybridized carbons (Fsp3) is 0.143. The number of nitrogens with one attached hydrogen (secondary N) is 1. The van der Waals surface area contributed by atoms with E-state index in [-0.39, 0.29) is 0 Å². The molecule has 0 aliphatic rings. The van der Waals surface area contributed by atoms with Crippen LogP contribution in [0.25, 0.3) is 11.0 Å². The summed E-state index contributed by atoms with van der Waals surface area (Å²) >= 11 is 0. The molecule has 2 aromatic heterocycles. The topological polar surface area (TPSA) is 41.6 Å². The van der Waals surface area contributed by atoms with Crippen LogP contribution >= 0.6 is 0 Å². The molecule has 0 atom stereocenters. The average molecular weight is 133 g/mol. The molecular formula is C7H7N3. The summed E-state index contributed by atoms with van der Waals surface area (Å²) in [5.41, 5.74) is 3.00. The molecule has 0 amide bonds. The van der Waals surface area contributed by atoms with Gasteiger partial charge in [0.2, 0.25) is 0 Å². The Kier molecular flexibility index (Phi) is 0.974. The summed E-state index contributed by atoms with van der Waals surface area (Å²) in [6.45, 7) is 1.96. The van der Waals surface area contributed by atoms with Gasteiger partial charge in [0.1, 0.15) is 0 Å². The molecule has 3 nitrogen and oxygen atoms in total. The van der Waals surface area contributed by atoms with Crippen molar-refractivity contribution in [2.75, 3.05) is 0 Å². The lowest BCUT2D eigenvalue weighted by atomic mass is 10.3. The van der Waals surface area contributed by atoms with Crippen LogP contribution in [0, 0.1) is 6.92 Å². The summed E-state index contributed by atoms with van der Waals surface area (Å²) in [4.78, 5) is 11.2. The normalized spacial score (nSPS) is 10.5. The molecule has 0 radical (unpaired) electrons. The molecule has 1 N–H and O–H groups in total. The van der Waals surface area contributed by atoms with Gasteiger partial charge in [-0.3, -0.25) is 4.98 Å². The Morgan fingerprint density at radius 2 is 2.30 bits per heavy atom. The van der Waals surface area contributed by atoms with Crippen LogP contribution in [-0.2, 0) is 0 Å². The highest BCUT2D eigenvalue weighted by atomic mass is 14.9. The Hall–Kier alpha value is -1.38. The zero-order valence-corrected chi connectivity index (χ0v) is 5.63. The summed E-state index contributed by atoms with van der Waals surface area (Å²) in [5, 5.41) is 0. The summed E-state index contributed by atoms with van der Waals surface area (Å²) in [7, 11) is 0. The first kappa shape index (κ1) is 5.41. The molecule has 0 aliphatic heterocycles. The van der Waals surface area contributed by atoms with E-state index in [2.05, 4.69) is 15.0 Å². The highest BCUT2D eigenvalue weighted by Crippen LogP contribution is 2.09. The minimum Gasteiger partial charge on any atom is -0.343 e. The Balaban J connectivity index is 2.95. The number of aromatic nitrogens is 3. The number of hydrogen-bond acceptors (Lipinski definition) is 2. The van der Waals surface area contributed by atoms with E-state index in [1.165, 1.54) is 0 Å².